The first kappa shape index (κ1) is 12.4. The molecule has 3 heteroatoms. The van der Waals surface area contributed by atoms with Gasteiger partial charge in [-0.2, -0.15) is 5.10 Å². The molecular weight excluding hydrogens is 232 g/mol. The Hall–Kier alpha value is -1.02. The number of aromatic nitrogens is 2. The Kier molecular flexibility index (Phi) is 3.72. The molecule has 0 fully saturated rings. The minimum absolute atomic E-state index is 0.236. The van der Waals surface area contributed by atoms with Crippen molar-refractivity contribution >= 4 is 22.5 Å². The van der Waals surface area contributed by atoms with Crippen molar-refractivity contribution in [2.75, 3.05) is 0 Å². The minimum atomic E-state index is 0.236. The van der Waals surface area contributed by atoms with Crippen LogP contribution in [0.2, 0.25) is 0 Å². The Labute approximate surface area is 108 Å². The van der Waals surface area contributed by atoms with Gasteiger partial charge in [-0.15, -0.1) is 11.6 Å². The third-order valence-corrected chi connectivity index (χ3v) is 3.28. The van der Waals surface area contributed by atoms with Crippen LogP contribution < -0.4 is 0 Å². The summed E-state index contributed by atoms with van der Waals surface area (Å²) >= 11 is 6.04. The molecule has 0 bridgehead atoms. The molecule has 1 aromatic carbocycles. The quantitative estimate of drug-likeness (QED) is 0.756. The number of halogens is 1. The van der Waals surface area contributed by atoms with E-state index in [0.29, 0.717) is 5.92 Å². The number of alkyl halides is 1. The average molecular weight is 251 g/mol. The minimum Gasteiger partial charge on any atom is -0.268 e. The summed E-state index contributed by atoms with van der Waals surface area (Å²) in [5.41, 5.74) is 2.39. The number of rotatable bonds is 4. The highest BCUT2D eigenvalue weighted by Crippen LogP contribution is 2.22. The van der Waals surface area contributed by atoms with Gasteiger partial charge in [-0.1, -0.05) is 25.1 Å². The van der Waals surface area contributed by atoms with Crippen LogP contribution in [-0.2, 0) is 13.5 Å². The maximum atomic E-state index is 6.04. The van der Waals surface area contributed by atoms with Crippen LogP contribution in [-0.4, -0.2) is 15.2 Å². The van der Waals surface area contributed by atoms with Gasteiger partial charge in [0.15, 0.2) is 0 Å². The lowest BCUT2D eigenvalue weighted by Gasteiger charge is -2.11. The Morgan fingerprint density at radius 2 is 2.00 bits per heavy atom. The molecule has 0 N–H and O–H groups in total. The number of nitrogens with zero attached hydrogens (tertiary/aromatic N) is 2. The molecule has 2 nitrogen and oxygen atoms in total. The molecule has 17 heavy (non-hydrogen) atoms. The van der Waals surface area contributed by atoms with Gasteiger partial charge in [0.05, 0.1) is 11.2 Å². The number of hydrogen-bond acceptors (Lipinski definition) is 1. The standard InChI is InChI=1S/C14H19ClN2/c1-10(8-11(2)15)9-13-12-6-4-5-7-14(12)17(3)16-13/h4-7,10-11H,8-9H2,1-3H3. The van der Waals surface area contributed by atoms with Gasteiger partial charge < -0.3 is 0 Å². The molecule has 2 unspecified atom stereocenters. The van der Waals surface area contributed by atoms with Crippen molar-refractivity contribution in [3.05, 3.63) is 30.0 Å². The van der Waals surface area contributed by atoms with Crippen LogP contribution in [0.4, 0.5) is 0 Å². The Morgan fingerprint density at radius 1 is 1.29 bits per heavy atom. The van der Waals surface area contributed by atoms with Crippen LogP contribution in [0, 0.1) is 5.92 Å². The molecule has 1 aromatic heterocycles. The zero-order valence-corrected chi connectivity index (χ0v) is 11.4. The first-order valence-corrected chi connectivity index (χ1v) is 6.56. The third-order valence-electron chi connectivity index (χ3n) is 3.10. The first-order chi connectivity index (χ1) is 8.08. The van der Waals surface area contributed by atoms with Crippen molar-refractivity contribution < 1.29 is 0 Å². The molecule has 0 amide bonds. The second-order valence-electron chi connectivity index (χ2n) is 4.91. The molecule has 2 aromatic rings. The number of fused-ring (bicyclic) bond motifs is 1. The van der Waals surface area contributed by atoms with Crippen LogP contribution in [0.25, 0.3) is 10.9 Å². The fourth-order valence-corrected chi connectivity index (χ4v) is 2.71. The van der Waals surface area contributed by atoms with E-state index in [1.54, 1.807) is 0 Å². The van der Waals surface area contributed by atoms with E-state index in [0.717, 1.165) is 12.8 Å². The van der Waals surface area contributed by atoms with E-state index < -0.39 is 0 Å². The Balaban J connectivity index is 2.24. The number of hydrogen-bond donors (Lipinski definition) is 0. The predicted octanol–water partition coefficient (Wildman–Crippen LogP) is 3.77. The molecule has 2 atom stereocenters. The van der Waals surface area contributed by atoms with Gasteiger partial charge in [-0.3, -0.25) is 4.68 Å². The Morgan fingerprint density at radius 3 is 2.71 bits per heavy atom. The summed E-state index contributed by atoms with van der Waals surface area (Å²) in [6.07, 6.45) is 2.03. The van der Waals surface area contributed by atoms with E-state index >= 15 is 0 Å². The maximum absolute atomic E-state index is 6.04. The maximum Gasteiger partial charge on any atom is 0.0705 e. The largest absolute Gasteiger partial charge is 0.268 e. The zero-order valence-electron chi connectivity index (χ0n) is 10.7. The van der Waals surface area contributed by atoms with E-state index in [-0.39, 0.29) is 5.38 Å². The van der Waals surface area contributed by atoms with Crippen molar-refractivity contribution in [2.45, 2.75) is 32.1 Å². The lowest BCUT2D eigenvalue weighted by atomic mass is 9.98. The number of benzene rings is 1. The van der Waals surface area contributed by atoms with E-state index in [4.69, 9.17) is 11.6 Å². The van der Waals surface area contributed by atoms with Gasteiger partial charge in [-0.25, -0.2) is 0 Å². The zero-order chi connectivity index (χ0) is 12.4. The highest BCUT2D eigenvalue weighted by molar-refractivity contribution is 6.20. The molecule has 0 spiro atoms. The van der Waals surface area contributed by atoms with E-state index in [2.05, 4.69) is 43.2 Å². The van der Waals surface area contributed by atoms with Gasteiger partial charge in [-0.05, 0) is 31.7 Å². The van der Waals surface area contributed by atoms with E-state index in [1.807, 2.05) is 11.7 Å². The lowest BCUT2D eigenvalue weighted by molar-refractivity contribution is 0.518. The van der Waals surface area contributed by atoms with Gasteiger partial charge >= 0.3 is 0 Å². The summed E-state index contributed by atoms with van der Waals surface area (Å²) in [6, 6.07) is 8.38. The van der Waals surface area contributed by atoms with Gasteiger partial charge in [0, 0.05) is 17.8 Å². The third kappa shape index (κ3) is 2.81. The molecule has 1 heterocycles. The number of aryl methyl sites for hydroxylation is 1. The molecule has 0 aliphatic rings. The van der Waals surface area contributed by atoms with E-state index in [1.165, 1.54) is 16.6 Å². The smallest absolute Gasteiger partial charge is 0.0705 e. The summed E-state index contributed by atoms with van der Waals surface area (Å²) < 4.78 is 1.96. The SMILES string of the molecule is CC(Cl)CC(C)Cc1nn(C)c2ccccc12. The second-order valence-corrected chi connectivity index (χ2v) is 5.66. The van der Waals surface area contributed by atoms with Gasteiger partial charge in [0.1, 0.15) is 0 Å². The molecule has 0 radical (unpaired) electrons. The fourth-order valence-electron chi connectivity index (χ4n) is 2.41. The van der Waals surface area contributed by atoms with Crippen LogP contribution >= 0.6 is 11.6 Å². The second kappa shape index (κ2) is 5.09. The first-order valence-electron chi connectivity index (χ1n) is 6.12. The fraction of sp³-hybridized carbons (Fsp3) is 0.500. The normalized spacial score (nSPS) is 15.1. The molecular formula is C14H19ClN2. The molecule has 0 saturated carbocycles. The van der Waals surface area contributed by atoms with Crippen LogP contribution in [0.5, 0.6) is 0 Å². The van der Waals surface area contributed by atoms with E-state index in [9.17, 15) is 0 Å². The van der Waals surface area contributed by atoms with Crippen molar-refractivity contribution in [3.63, 3.8) is 0 Å². The monoisotopic (exact) mass is 250 g/mol. The van der Waals surface area contributed by atoms with Crippen LogP contribution in [0.15, 0.2) is 24.3 Å². The molecule has 92 valence electrons. The highest BCUT2D eigenvalue weighted by atomic mass is 35.5. The van der Waals surface area contributed by atoms with Crippen LogP contribution in [0.3, 0.4) is 0 Å². The van der Waals surface area contributed by atoms with Crippen LogP contribution in [0.1, 0.15) is 26.0 Å². The van der Waals surface area contributed by atoms with Gasteiger partial charge in [0.25, 0.3) is 0 Å². The van der Waals surface area contributed by atoms with Crippen molar-refractivity contribution in [3.8, 4) is 0 Å². The molecule has 0 aliphatic heterocycles. The summed E-state index contributed by atoms with van der Waals surface area (Å²) in [4.78, 5) is 0. The predicted molar refractivity (Wildman–Crippen MR) is 73.5 cm³/mol. The number of para-hydroxylation sites is 1. The summed E-state index contributed by atoms with van der Waals surface area (Å²) in [7, 11) is 2.00. The summed E-state index contributed by atoms with van der Waals surface area (Å²) in [5, 5.41) is 6.11. The van der Waals surface area contributed by atoms with Gasteiger partial charge in [0.2, 0.25) is 0 Å². The Bertz CT molecular complexity index is 502. The molecule has 0 saturated heterocycles. The molecule has 0 aliphatic carbocycles. The van der Waals surface area contributed by atoms with Crippen molar-refractivity contribution in [1.29, 1.82) is 0 Å². The average Bonchev–Trinajstić information content (AvgIpc) is 2.55. The molecule has 2 rings (SSSR count). The van der Waals surface area contributed by atoms with Crippen molar-refractivity contribution in [2.24, 2.45) is 13.0 Å². The van der Waals surface area contributed by atoms with Crippen molar-refractivity contribution in [1.82, 2.24) is 9.78 Å². The topological polar surface area (TPSA) is 17.8 Å². The highest BCUT2D eigenvalue weighted by Gasteiger charge is 2.13. The summed E-state index contributed by atoms with van der Waals surface area (Å²) in [6.45, 7) is 4.29. The summed E-state index contributed by atoms with van der Waals surface area (Å²) in [5.74, 6) is 0.570. The lowest BCUT2D eigenvalue weighted by Crippen LogP contribution is -2.06.